The largest absolute Gasteiger partial charge is 0.458 e. The molecule has 0 amide bonds. The highest BCUT2D eigenvalue weighted by Crippen LogP contribution is 2.92. The van der Waals surface area contributed by atoms with Gasteiger partial charge in [0.05, 0.1) is 5.41 Å². The average Bonchev–Trinajstić information content (AvgIpc) is 3.52. The number of rotatable bonds is 2. The van der Waals surface area contributed by atoms with Crippen molar-refractivity contribution in [1.82, 2.24) is 0 Å². The molecule has 37 heavy (non-hydrogen) atoms. The second kappa shape index (κ2) is 6.51. The Morgan fingerprint density at radius 2 is 1.08 bits per heavy atom. The molecule has 0 aliphatic heterocycles. The Labute approximate surface area is 228 Å². The van der Waals surface area contributed by atoms with Crippen LogP contribution in [0.3, 0.4) is 0 Å². The van der Waals surface area contributed by atoms with Crippen molar-refractivity contribution < 1.29 is 9.53 Å². The van der Waals surface area contributed by atoms with E-state index in [-0.39, 0.29) is 43.9 Å². The summed E-state index contributed by atoms with van der Waals surface area (Å²) in [7, 11) is 0. The zero-order chi connectivity index (χ0) is 27.9. The van der Waals surface area contributed by atoms with Gasteiger partial charge in [-0.1, -0.05) is 90.0 Å². The molecule has 0 aromatic rings. The second-order valence-electron chi connectivity index (χ2n) is 18.2. The Bertz CT molecular complexity index is 1070. The summed E-state index contributed by atoms with van der Waals surface area (Å²) in [5.41, 5.74) is -1.12. The molecule has 0 saturated heterocycles. The fourth-order valence-electron chi connectivity index (χ4n) is 14.9. The predicted molar refractivity (Wildman–Crippen MR) is 152 cm³/mol. The summed E-state index contributed by atoms with van der Waals surface area (Å²) in [6.07, 6.45) is 2.68. The molecule has 0 heterocycles. The predicted octanol–water partition coefficient (Wildman–Crippen LogP) is 8.88. The third-order valence-electron chi connectivity index (χ3n) is 18.7. The first-order chi connectivity index (χ1) is 16.6. The van der Waals surface area contributed by atoms with Crippen LogP contribution in [0.15, 0.2) is 0 Å². The molecule has 0 spiro atoms. The molecule has 2 heteroatoms. The van der Waals surface area contributed by atoms with Crippen LogP contribution in [0.5, 0.6) is 0 Å². The maximum absolute atomic E-state index is 14.8. The van der Waals surface area contributed by atoms with Crippen LogP contribution in [0.1, 0.15) is 117 Å². The first-order valence-corrected chi connectivity index (χ1v) is 15.8. The fourth-order valence-corrected chi connectivity index (χ4v) is 14.9. The lowest BCUT2D eigenvalue weighted by molar-refractivity contribution is -0.263. The van der Waals surface area contributed by atoms with Crippen molar-refractivity contribution in [3.05, 3.63) is 0 Å². The van der Waals surface area contributed by atoms with Crippen molar-refractivity contribution in [1.29, 1.82) is 0 Å². The fraction of sp³-hybridized carbons (Fsp3) is 0.971. The van der Waals surface area contributed by atoms with E-state index in [1.54, 1.807) is 0 Å². The van der Waals surface area contributed by atoms with E-state index in [1.807, 2.05) is 0 Å². The Balaban J connectivity index is 1.41. The molecular formula is C35H58O2. The minimum Gasteiger partial charge on any atom is -0.458 e. The number of ether oxygens (including phenoxy) is 1. The number of carbonyl (C=O) groups excluding carboxylic acids is 1. The molecule has 0 aromatic carbocycles. The van der Waals surface area contributed by atoms with Crippen LogP contribution in [0.2, 0.25) is 0 Å². The second-order valence-corrected chi connectivity index (χ2v) is 18.2. The van der Waals surface area contributed by atoms with Crippen molar-refractivity contribution in [2.75, 3.05) is 0 Å². The van der Waals surface area contributed by atoms with Gasteiger partial charge in [-0.15, -0.1) is 0 Å². The summed E-state index contributed by atoms with van der Waals surface area (Å²) in [5.74, 6) is 6.75. The van der Waals surface area contributed by atoms with Crippen molar-refractivity contribution in [2.45, 2.75) is 122 Å². The molecule has 0 aromatic heterocycles. The first kappa shape index (κ1) is 26.7. The summed E-state index contributed by atoms with van der Waals surface area (Å²) in [6, 6.07) is 0. The Kier molecular flexibility index (Phi) is 4.69. The first-order valence-electron chi connectivity index (χ1n) is 15.8. The van der Waals surface area contributed by atoms with Crippen molar-refractivity contribution in [3.63, 3.8) is 0 Å². The van der Waals surface area contributed by atoms with E-state index in [0.717, 1.165) is 35.5 Å². The number of hydrogen-bond acceptors (Lipinski definition) is 2. The molecule has 6 saturated carbocycles. The van der Waals surface area contributed by atoms with Gasteiger partial charge in [-0.25, -0.2) is 0 Å². The molecule has 6 aliphatic carbocycles. The smallest absolute Gasteiger partial charge is 0.312 e. The maximum atomic E-state index is 14.8. The highest BCUT2D eigenvalue weighted by Gasteiger charge is 2.92. The lowest BCUT2D eigenvalue weighted by Crippen LogP contribution is -2.68. The molecule has 0 radical (unpaired) electrons. The van der Waals surface area contributed by atoms with Crippen molar-refractivity contribution in [2.24, 2.45) is 91.2 Å². The zero-order valence-corrected chi connectivity index (χ0v) is 26.9. The van der Waals surface area contributed by atoms with Crippen LogP contribution < -0.4 is 0 Å². The highest BCUT2D eigenvalue weighted by atomic mass is 16.6. The van der Waals surface area contributed by atoms with Gasteiger partial charge in [-0.2, -0.15) is 0 Å². The third kappa shape index (κ3) is 2.07. The highest BCUT2D eigenvalue weighted by molar-refractivity contribution is 5.79. The van der Waals surface area contributed by atoms with Crippen LogP contribution in [0.25, 0.3) is 0 Å². The lowest BCUT2D eigenvalue weighted by Gasteiger charge is -2.67. The quantitative estimate of drug-likeness (QED) is 0.274. The minimum absolute atomic E-state index is 0.00273. The Hall–Kier alpha value is -0.530. The monoisotopic (exact) mass is 510 g/mol. The zero-order valence-electron chi connectivity index (χ0n) is 26.9. The molecule has 13 unspecified atom stereocenters. The standard InChI is InChI=1S/C35H58O2/c1-18-19(2)22-16-21(18)25-23-17-24(26(22)25)32(12,20(23)3)27(36)37-35(15)31(10,11)33(13)28(4,5)29(6,7)34(35,14)30(33,8)9/h18-26H,16-17H2,1-15H3. The summed E-state index contributed by atoms with van der Waals surface area (Å²) in [5, 5.41) is 0. The average molecular weight is 511 g/mol. The minimum atomic E-state index is -0.547. The number of carbonyl (C=O) groups is 1. The van der Waals surface area contributed by atoms with E-state index in [4.69, 9.17) is 4.74 Å². The maximum Gasteiger partial charge on any atom is 0.312 e. The van der Waals surface area contributed by atoms with E-state index in [1.165, 1.54) is 12.8 Å². The van der Waals surface area contributed by atoms with Crippen LogP contribution in [0, 0.1) is 91.2 Å². The Morgan fingerprint density at radius 1 is 0.595 bits per heavy atom. The van der Waals surface area contributed by atoms with Gasteiger partial charge in [0.25, 0.3) is 0 Å². The van der Waals surface area contributed by atoms with Gasteiger partial charge in [0.1, 0.15) is 5.60 Å². The number of fused-ring (bicyclic) bond motifs is 11. The SMILES string of the molecule is CC1C(C)C2CC1C1C3CC(C21)C(C)(C(=O)OC1(C)C(C)(C)C2(C)C(C)(C)C(C)(C)C1(C)C2(C)C)C3C. The van der Waals surface area contributed by atoms with E-state index >= 15 is 0 Å². The van der Waals surface area contributed by atoms with E-state index in [0.29, 0.717) is 17.8 Å². The normalized spacial score (nSPS) is 60.7. The molecule has 6 bridgehead atoms. The van der Waals surface area contributed by atoms with Crippen molar-refractivity contribution >= 4 is 5.97 Å². The summed E-state index contributed by atoms with van der Waals surface area (Å²) in [4.78, 5) is 14.8. The van der Waals surface area contributed by atoms with Crippen LogP contribution in [-0.2, 0) is 9.53 Å². The van der Waals surface area contributed by atoms with Crippen LogP contribution >= 0.6 is 0 Å². The lowest BCUT2D eigenvalue weighted by atomic mass is 9.40. The van der Waals surface area contributed by atoms with E-state index in [2.05, 4.69) is 104 Å². The van der Waals surface area contributed by atoms with Crippen molar-refractivity contribution in [3.8, 4) is 0 Å². The Morgan fingerprint density at radius 3 is 1.59 bits per heavy atom. The van der Waals surface area contributed by atoms with Gasteiger partial charge in [-0.3, -0.25) is 4.79 Å². The summed E-state index contributed by atoms with van der Waals surface area (Å²) < 4.78 is 7.23. The van der Waals surface area contributed by atoms with E-state index < -0.39 is 5.60 Å². The van der Waals surface area contributed by atoms with Crippen LogP contribution in [-0.4, -0.2) is 11.6 Å². The van der Waals surface area contributed by atoms with E-state index in [9.17, 15) is 4.79 Å². The number of hydrogen-bond donors (Lipinski definition) is 0. The van der Waals surface area contributed by atoms with Gasteiger partial charge in [0.15, 0.2) is 0 Å². The van der Waals surface area contributed by atoms with Crippen LogP contribution in [0.4, 0.5) is 0 Å². The third-order valence-corrected chi connectivity index (χ3v) is 18.7. The van der Waals surface area contributed by atoms with Gasteiger partial charge < -0.3 is 4.74 Å². The molecule has 13 atom stereocenters. The van der Waals surface area contributed by atoms with Gasteiger partial charge in [-0.05, 0) is 102 Å². The topological polar surface area (TPSA) is 26.3 Å². The summed E-state index contributed by atoms with van der Waals surface area (Å²) in [6.45, 7) is 36.8. The molecular weight excluding hydrogens is 452 g/mol. The molecule has 0 N–H and O–H groups in total. The molecule has 6 fully saturated rings. The number of esters is 1. The molecule has 210 valence electrons. The molecule has 6 aliphatic rings. The van der Waals surface area contributed by atoms with Gasteiger partial charge in [0.2, 0.25) is 0 Å². The van der Waals surface area contributed by atoms with Gasteiger partial charge >= 0.3 is 5.97 Å². The summed E-state index contributed by atoms with van der Waals surface area (Å²) >= 11 is 0. The molecule has 2 nitrogen and oxygen atoms in total. The molecule has 6 rings (SSSR count). The van der Waals surface area contributed by atoms with Gasteiger partial charge in [0, 0.05) is 10.8 Å².